The summed E-state index contributed by atoms with van der Waals surface area (Å²) < 4.78 is 10.7. The van der Waals surface area contributed by atoms with Crippen LogP contribution in [0.4, 0.5) is 4.79 Å². The molecular formula is C18H24N4O3. The van der Waals surface area contributed by atoms with Crippen LogP contribution in [0.5, 0.6) is 0 Å². The molecule has 0 radical (unpaired) electrons. The van der Waals surface area contributed by atoms with Crippen LogP contribution in [0.25, 0.3) is 0 Å². The van der Waals surface area contributed by atoms with Gasteiger partial charge in [0.15, 0.2) is 0 Å². The first kappa shape index (κ1) is 17.4. The van der Waals surface area contributed by atoms with Crippen LogP contribution in [-0.4, -0.2) is 60.7 Å². The number of aromatic nitrogens is 1. The largest absolute Gasteiger partial charge is 0.467 e. The fourth-order valence-electron chi connectivity index (χ4n) is 2.95. The maximum atomic E-state index is 12.4. The van der Waals surface area contributed by atoms with Gasteiger partial charge < -0.3 is 19.4 Å². The first-order chi connectivity index (χ1) is 12.2. The van der Waals surface area contributed by atoms with Crippen LogP contribution < -0.4 is 5.32 Å². The second kappa shape index (κ2) is 8.64. The molecule has 0 spiro atoms. The molecular weight excluding hydrogens is 320 g/mol. The van der Waals surface area contributed by atoms with Gasteiger partial charge in [0.25, 0.3) is 0 Å². The van der Waals surface area contributed by atoms with Gasteiger partial charge in [0.2, 0.25) is 0 Å². The zero-order chi connectivity index (χ0) is 17.5. The van der Waals surface area contributed by atoms with Crippen molar-refractivity contribution in [2.24, 2.45) is 0 Å². The van der Waals surface area contributed by atoms with E-state index in [0.717, 1.165) is 24.4 Å². The monoisotopic (exact) mass is 344 g/mol. The Balaban J connectivity index is 1.60. The second-order valence-corrected chi connectivity index (χ2v) is 6.07. The van der Waals surface area contributed by atoms with E-state index in [9.17, 15) is 4.79 Å². The summed E-state index contributed by atoms with van der Waals surface area (Å²) in [6, 6.07) is 7.60. The third-order valence-electron chi connectivity index (χ3n) is 4.32. The molecule has 2 aromatic rings. The van der Waals surface area contributed by atoms with Gasteiger partial charge in [-0.25, -0.2) is 4.79 Å². The summed E-state index contributed by atoms with van der Waals surface area (Å²) in [5.74, 6) is 0.759. The number of hydrogen-bond acceptors (Lipinski definition) is 5. The third kappa shape index (κ3) is 4.80. The lowest BCUT2D eigenvalue weighted by Crippen LogP contribution is -2.46. The number of ether oxygens (including phenoxy) is 1. The minimum absolute atomic E-state index is 0.0820. The number of rotatable bonds is 6. The average Bonchev–Trinajstić information content (AvgIpc) is 3.16. The Labute approximate surface area is 147 Å². The van der Waals surface area contributed by atoms with Crippen molar-refractivity contribution in [3.05, 3.63) is 54.2 Å². The van der Waals surface area contributed by atoms with E-state index in [1.807, 2.05) is 30.5 Å². The highest BCUT2D eigenvalue weighted by Gasteiger charge is 2.24. The number of urea groups is 1. The number of hydrogen-bond donors (Lipinski definition) is 1. The van der Waals surface area contributed by atoms with E-state index in [1.165, 1.54) is 0 Å². The zero-order valence-corrected chi connectivity index (χ0v) is 14.4. The molecule has 0 bridgehead atoms. The Morgan fingerprint density at radius 3 is 2.88 bits per heavy atom. The molecule has 134 valence electrons. The Bertz CT molecular complexity index is 642. The van der Waals surface area contributed by atoms with E-state index in [-0.39, 0.29) is 12.1 Å². The Hall–Kier alpha value is -2.38. The maximum Gasteiger partial charge on any atom is 0.317 e. The molecule has 2 amide bonds. The lowest BCUT2D eigenvalue weighted by Gasteiger charge is -2.35. The summed E-state index contributed by atoms with van der Waals surface area (Å²) in [6.45, 7) is 4.07. The van der Waals surface area contributed by atoms with E-state index in [0.29, 0.717) is 26.3 Å². The fraction of sp³-hybridized carbons (Fsp3) is 0.444. The molecule has 1 unspecified atom stereocenters. The molecule has 0 aromatic carbocycles. The van der Waals surface area contributed by atoms with E-state index in [2.05, 4.69) is 15.2 Å². The number of nitrogens with one attached hydrogen (secondary N) is 1. The molecule has 25 heavy (non-hydrogen) atoms. The molecule has 1 aliphatic heterocycles. The first-order valence-corrected chi connectivity index (χ1v) is 8.47. The van der Waals surface area contributed by atoms with Gasteiger partial charge in [0, 0.05) is 39.1 Å². The second-order valence-electron chi connectivity index (χ2n) is 6.07. The number of amides is 2. The van der Waals surface area contributed by atoms with E-state index in [4.69, 9.17) is 9.15 Å². The first-order valence-electron chi connectivity index (χ1n) is 8.47. The predicted octanol–water partition coefficient (Wildman–Crippen LogP) is 1.89. The van der Waals surface area contributed by atoms with Crippen LogP contribution in [-0.2, 0) is 11.3 Å². The van der Waals surface area contributed by atoms with Gasteiger partial charge in [0.05, 0.1) is 32.1 Å². The smallest absolute Gasteiger partial charge is 0.317 e. The van der Waals surface area contributed by atoms with E-state index < -0.39 is 0 Å². The van der Waals surface area contributed by atoms with Gasteiger partial charge >= 0.3 is 6.03 Å². The highest BCUT2D eigenvalue weighted by Crippen LogP contribution is 2.20. The SMILES string of the molecule is CN(Cc1ccco1)C(=O)NCC(c1cccnc1)N1CCOCC1. The summed E-state index contributed by atoms with van der Waals surface area (Å²) in [6.07, 6.45) is 5.23. The van der Waals surface area contributed by atoms with Crippen molar-refractivity contribution >= 4 is 6.03 Å². The standard InChI is InChI=1S/C18H24N4O3/c1-21(14-16-5-3-9-25-16)18(23)20-13-17(15-4-2-6-19-12-15)22-7-10-24-11-8-22/h2-6,9,12,17H,7-8,10-11,13-14H2,1H3,(H,20,23). The quantitative estimate of drug-likeness (QED) is 0.866. The number of morpholine rings is 1. The van der Waals surface area contributed by atoms with Crippen LogP contribution in [0.2, 0.25) is 0 Å². The average molecular weight is 344 g/mol. The lowest BCUT2D eigenvalue weighted by molar-refractivity contribution is 0.0164. The van der Waals surface area contributed by atoms with Crippen LogP contribution in [0.1, 0.15) is 17.4 Å². The van der Waals surface area contributed by atoms with Crippen LogP contribution in [0.15, 0.2) is 47.3 Å². The molecule has 3 heterocycles. The number of pyridine rings is 1. The van der Waals surface area contributed by atoms with Gasteiger partial charge in [-0.1, -0.05) is 6.07 Å². The number of carbonyl (C=O) groups excluding carboxylic acids is 1. The molecule has 1 fully saturated rings. The Kier molecular flexibility index (Phi) is 6.03. The summed E-state index contributed by atoms with van der Waals surface area (Å²) in [5, 5.41) is 3.03. The molecule has 1 saturated heterocycles. The summed E-state index contributed by atoms with van der Waals surface area (Å²) in [7, 11) is 1.76. The molecule has 1 aliphatic rings. The van der Waals surface area contributed by atoms with Crippen molar-refractivity contribution in [1.82, 2.24) is 20.1 Å². The number of furan rings is 1. The van der Waals surface area contributed by atoms with Crippen molar-refractivity contribution < 1.29 is 13.9 Å². The third-order valence-corrected chi connectivity index (χ3v) is 4.32. The summed E-state index contributed by atoms with van der Waals surface area (Å²) >= 11 is 0. The molecule has 1 atom stereocenters. The predicted molar refractivity (Wildman–Crippen MR) is 92.9 cm³/mol. The summed E-state index contributed by atoms with van der Waals surface area (Å²) in [5.41, 5.74) is 1.10. The van der Waals surface area contributed by atoms with E-state index in [1.54, 1.807) is 24.4 Å². The molecule has 0 aliphatic carbocycles. The molecule has 2 aromatic heterocycles. The van der Waals surface area contributed by atoms with Crippen LogP contribution in [0, 0.1) is 0 Å². The zero-order valence-electron chi connectivity index (χ0n) is 14.4. The summed E-state index contributed by atoms with van der Waals surface area (Å²) in [4.78, 5) is 20.6. The lowest BCUT2D eigenvalue weighted by atomic mass is 10.1. The molecule has 7 heteroatoms. The van der Waals surface area contributed by atoms with Crippen molar-refractivity contribution in [3.63, 3.8) is 0 Å². The topological polar surface area (TPSA) is 70.8 Å². The normalized spacial score (nSPS) is 16.4. The van der Waals surface area contributed by atoms with Gasteiger partial charge in [-0.05, 0) is 23.8 Å². The van der Waals surface area contributed by atoms with Crippen molar-refractivity contribution in [3.8, 4) is 0 Å². The van der Waals surface area contributed by atoms with Gasteiger partial charge in [-0.3, -0.25) is 9.88 Å². The molecule has 0 saturated carbocycles. The minimum atomic E-state index is -0.126. The van der Waals surface area contributed by atoms with Gasteiger partial charge in [-0.15, -0.1) is 0 Å². The molecule has 1 N–H and O–H groups in total. The molecule has 3 rings (SSSR count). The highest BCUT2D eigenvalue weighted by atomic mass is 16.5. The number of carbonyl (C=O) groups is 1. The minimum Gasteiger partial charge on any atom is -0.467 e. The highest BCUT2D eigenvalue weighted by molar-refractivity contribution is 5.73. The van der Waals surface area contributed by atoms with Crippen molar-refractivity contribution in [1.29, 1.82) is 0 Å². The van der Waals surface area contributed by atoms with Crippen LogP contribution in [0.3, 0.4) is 0 Å². The fourth-order valence-corrected chi connectivity index (χ4v) is 2.95. The Morgan fingerprint density at radius 2 is 2.20 bits per heavy atom. The maximum absolute atomic E-state index is 12.4. The van der Waals surface area contributed by atoms with E-state index >= 15 is 0 Å². The van der Waals surface area contributed by atoms with Crippen molar-refractivity contribution in [2.75, 3.05) is 39.9 Å². The van der Waals surface area contributed by atoms with Crippen LogP contribution >= 0.6 is 0 Å². The van der Waals surface area contributed by atoms with Crippen molar-refractivity contribution in [2.45, 2.75) is 12.6 Å². The van der Waals surface area contributed by atoms with Gasteiger partial charge in [-0.2, -0.15) is 0 Å². The Morgan fingerprint density at radius 1 is 1.36 bits per heavy atom. The molecule has 7 nitrogen and oxygen atoms in total. The number of nitrogens with zero attached hydrogens (tertiary/aromatic N) is 3. The van der Waals surface area contributed by atoms with Gasteiger partial charge in [0.1, 0.15) is 5.76 Å².